The fourth-order valence-electron chi connectivity index (χ4n) is 10.6. The van der Waals surface area contributed by atoms with E-state index in [4.69, 9.17) is 28.0 Å². The minimum Gasteiger partial charge on any atom is -0.480 e. The molecule has 7 N–H and O–H groups in total. The van der Waals surface area contributed by atoms with Crippen molar-refractivity contribution in [2.24, 2.45) is 0 Å². The molecular formula is C74H89N8O20P. The zero-order valence-corrected chi connectivity index (χ0v) is 58.1. The SMILES string of the molecule is O=C(O)CN1CCN(CC(=O)O)CCN(CC(=O)NCCc2ccc(C(=O)N[C@H](CCC(=O)N[C@@H](CCOP(=O)(N[C@@H](CCC(=O)OCc3ccccc3)C(=O)OCc3ccccc3)OCc3ccccc3)C(=O)OCc3ccccc3)C(=O)OCc3ccccc3)cc2)CCN(CC(=O)O)CC1. The van der Waals surface area contributed by atoms with Crippen LogP contribution >= 0.6 is 7.75 Å². The van der Waals surface area contributed by atoms with E-state index in [1.165, 1.54) is 12.1 Å². The Hall–Kier alpha value is -10.0. The number of rotatable bonds is 40. The van der Waals surface area contributed by atoms with Crippen molar-refractivity contribution in [2.75, 3.05) is 91.7 Å². The average Bonchev–Trinajstić information content (AvgIpc) is 0.884. The van der Waals surface area contributed by atoms with Crippen LogP contribution in [0.15, 0.2) is 176 Å². The van der Waals surface area contributed by atoms with Crippen LogP contribution in [0.1, 0.15) is 75.8 Å². The highest BCUT2D eigenvalue weighted by Gasteiger charge is 2.36. The number of hydrogen-bond donors (Lipinski definition) is 7. The van der Waals surface area contributed by atoms with Gasteiger partial charge < -0.3 is 50.2 Å². The third kappa shape index (κ3) is 31.4. The number of carbonyl (C=O) groups is 10. The van der Waals surface area contributed by atoms with Crippen LogP contribution in [0.4, 0.5) is 0 Å². The topological polar surface area (TPSA) is 365 Å². The highest BCUT2D eigenvalue weighted by molar-refractivity contribution is 7.51. The molecule has 28 nitrogen and oxygen atoms in total. The molecule has 1 fully saturated rings. The fraction of sp³-hybridized carbons (Fsp3) is 0.378. The Balaban J connectivity index is 1.00. The molecule has 4 atom stereocenters. The standard InChI is InChI=1S/C74H89N8O20P/c83-65(76-63(73(94)99-52-58-20-10-3-11-21-58)35-45-101-103(96,102-54-60-24-14-5-15-25-60)78-64(74(95)100-53-59-22-12-4-13-23-59)31-33-70(91)97-50-56-16-6-1-7-17-56)32-30-62(72(93)98-51-57-18-8-2-9-19-57)77-71(92)61-28-26-55(27-29-61)34-36-75-66(84)46-79-37-39-80(47-67(85)86)41-43-82(49-69(89)90)44-42-81(40-38-79)48-68(87)88/h1-29,62-64H,30-54H2,(H,75,84)(H,76,83)(H,77,92)(H,78,96)(H,85,86)(H,87,88)(H,89,90)/t62-,63+,64+,103?/m1/s1. The summed E-state index contributed by atoms with van der Waals surface area (Å²) in [7, 11) is -4.65. The van der Waals surface area contributed by atoms with E-state index in [-0.39, 0.29) is 155 Å². The predicted molar refractivity (Wildman–Crippen MR) is 375 cm³/mol. The van der Waals surface area contributed by atoms with Crippen LogP contribution in [-0.4, -0.2) is 204 Å². The van der Waals surface area contributed by atoms with Gasteiger partial charge in [-0.1, -0.05) is 164 Å². The molecule has 0 aliphatic carbocycles. The average molecular weight is 1440 g/mol. The first-order valence-corrected chi connectivity index (χ1v) is 35.3. The van der Waals surface area contributed by atoms with E-state index in [0.717, 1.165) is 11.1 Å². The normalized spacial score (nSPS) is 14.8. The summed E-state index contributed by atoms with van der Waals surface area (Å²) in [6.45, 7) is -0.401. The second kappa shape index (κ2) is 43.7. The maximum atomic E-state index is 15.0. The van der Waals surface area contributed by atoms with E-state index in [9.17, 15) is 63.3 Å². The number of esters is 4. The number of carbonyl (C=O) groups excluding carboxylic acids is 7. The Labute approximate surface area is 597 Å². The van der Waals surface area contributed by atoms with Gasteiger partial charge in [0.25, 0.3) is 5.91 Å². The number of nitrogens with zero attached hydrogens (tertiary/aromatic N) is 4. The summed E-state index contributed by atoms with van der Waals surface area (Å²) in [6, 6.07) is 45.9. The highest BCUT2D eigenvalue weighted by Crippen LogP contribution is 2.46. The third-order valence-electron chi connectivity index (χ3n) is 16.3. The van der Waals surface area contributed by atoms with Crippen LogP contribution in [0.5, 0.6) is 0 Å². The molecule has 0 aromatic heterocycles. The van der Waals surface area contributed by atoms with E-state index < -0.39 is 92.5 Å². The van der Waals surface area contributed by atoms with Crippen LogP contribution in [0.2, 0.25) is 0 Å². The molecule has 29 heteroatoms. The van der Waals surface area contributed by atoms with Gasteiger partial charge in [-0.2, -0.15) is 0 Å². The maximum absolute atomic E-state index is 15.0. The molecule has 1 saturated heterocycles. The van der Waals surface area contributed by atoms with Gasteiger partial charge in [0.05, 0.1) is 39.4 Å². The van der Waals surface area contributed by atoms with Crippen LogP contribution in [0.3, 0.4) is 0 Å². The van der Waals surface area contributed by atoms with Gasteiger partial charge in [0, 0.05) is 83.7 Å². The highest BCUT2D eigenvalue weighted by atomic mass is 31.2. The molecule has 1 unspecified atom stereocenters. The molecule has 0 bridgehead atoms. The van der Waals surface area contributed by atoms with Crippen molar-refractivity contribution in [1.82, 2.24) is 40.6 Å². The Morgan fingerprint density at radius 3 is 1.17 bits per heavy atom. The molecule has 0 saturated carbocycles. The molecule has 103 heavy (non-hydrogen) atoms. The van der Waals surface area contributed by atoms with Crippen molar-refractivity contribution in [3.8, 4) is 0 Å². The maximum Gasteiger partial charge on any atom is 0.406 e. The summed E-state index contributed by atoms with van der Waals surface area (Å²) in [5.74, 6) is -8.39. The van der Waals surface area contributed by atoms with Gasteiger partial charge >= 0.3 is 49.5 Å². The largest absolute Gasteiger partial charge is 0.480 e. The lowest BCUT2D eigenvalue weighted by Crippen LogP contribution is -2.49. The molecule has 0 radical (unpaired) electrons. The molecule has 6 aromatic carbocycles. The van der Waals surface area contributed by atoms with Gasteiger partial charge in [-0.15, -0.1) is 0 Å². The molecule has 1 aliphatic heterocycles. The molecule has 1 aliphatic rings. The smallest absolute Gasteiger partial charge is 0.406 e. The van der Waals surface area contributed by atoms with Crippen LogP contribution in [0, 0.1) is 0 Å². The van der Waals surface area contributed by atoms with E-state index in [1.54, 1.807) is 177 Å². The number of carboxylic acids is 3. The number of nitrogens with one attached hydrogen (secondary N) is 4. The van der Waals surface area contributed by atoms with Gasteiger partial charge in [-0.05, 0) is 64.8 Å². The van der Waals surface area contributed by atoms with Crippen LogP contribution in [0.25, 0.3) is 0 Å². The van der Waals surface area contributed by atoms with Crippen LogP contribution in [-0.2, 0) is 115 Å². The second-order valence-electron chi connectivity index (χ2n) is 24.3. The van der Waals surface area contributed by atoms with E-state index >= 15 is 4.57 Å². The van der Waals surface area contributed by atoms with Crippen LogP contribution < -0.4 is 21.0 Å². The lowest BCUT2D eigenvalue weighted by molar-refractivity contribution is -0.150. The predicted octanol–water partition coefficient (Wildman–Crippen LogP) is 5.63. The molecular weight excluding hydrogens is 1350 g/mol. The minimum absolute atomic E-state index is 0.0375. The molecule has 7 rings (SSSR count). The van der Waals surface area contributed by atoms with Gasteiger partial charge in [0.1, 0.15) is 44.6 Å². The Morgan fingerprint density at radius 1 is 0.388 bits per heavy atom. The number of amides is 3. The third-order valence-corrected chi connectivity index (χ3v) is 17.9. The number of benzene rings is 6. The monoisotopic (exact) mass is 1440 g/mol. The lowest BCUT2D eigenvalue weighted by Gasteiger charge is -2.32. The van der Waals surface area contributed by atoms with Crippen molar-refractivity contribution in [2.45, 2.75) is 89.7 Å². The first-order chi connectivity index (χ1) is 49.7. The van der Waals surface area contributed by atoms with E-state index in [0.29, 0.717) is 28.7 Å². The fourth-order valence-corrected chi connectivity index (χ4v) is 12.1. The number of aliphatic carboxylic acids is 3. The Bertz CT molecular complexity index is 3690. The molecule has 1 heterocycles. The van der Waals surface area contributed by atoms with E-state index in [1.807, 2.05) is 6.07 Å². The van der Waals surface area contributed by atoms with Gasteiger partial charge in [0.2, 0.25) is 11.8 Å². The Kier molecular flexibility index (Phi) is 34.1. The zero-order valence-electron chi connectivity index (χ0n) is 57.2. The van der Waals surface area contributed by atoms with Crippen molar-refractivity contribution >= 4 is 67.3 Å². The quantitative estimate of drug-likeness (QED) is 0.0139. The Morgan fingerprint density at radius 2 is 0.757 bits per heavy atom. The van der Waals surface area contributed by atoms with Crippen molar-refractivity contribution in [3.63, 3.8) is 0 Å². The van der Waals surface area contributed by atoms with Crippen molar-refractivity contribution < 1.29 is 95.8 Å². The molecule has 3 amide bonds. The minimum atomic E-state index is -4.65. The summed E-state index contributed by atoms with van der Waals surface area (Å²) in [5.41, 5.74) is 4.08. The first kappa shape index (κ1) is 80.3. The van der Waals surface area contributed by atoms with E-state index in [2.05, 4.69) is 21.0 Å². The van der Waals surface area contributed by atoms with Gasteiger partial charge in [-0.3, -0.25) is 67.0 Å². The summed E-state index contributed by atoms with van der Waals surface area (Å²) in [5, 5.41) is 39.6. The zero-order chi connectivity index (χ0) is 73.6. The number of carboxylic acid groups (broad SMARTS) is 3. The molecule has 550 valence electrons. The van der Waals surface area contributed by atoms with Crippen molar-refractivity contribution in [3.05, 3.63) is 215 Å². The lowest BCUT2D eigenvalue weighted by atomic mass is 10.1. The summed E-state index contributed by atoms with van der Waals surface area (Å²) < 4.78 is 49.5. The summed E-state index contributed by atoms with van der Waals surface area (Å²) in [6.07, 6.45) is -1.45. The van der Waals surface area contributed by atoms with Crippen molar-refractivity contribution in [1.29, 1.82) is 0 Å². The van der Waals surface area contributed by atoms with Gasteiger partial charge in [0.15, 0.2) is 0 Å². The number of ether oxygens (including phenoxy) is 4. The number of hydrogen-bond acceptors (Lipinski definition) is 21. The molecule has 0 spiro atoms. The first-order valence-electron chi connectivity index (χ1n) is 33.8. The summed E-state index contributed by atoms with van der Waals surface area (Å²) >= 11 is 0. The summed E-state index contributed by atoms with van der Waals surface area (Å²) in [4.78, 5) is 138. The molecule has 6 aromatic rings. The second-order valence-corrected chi connectivity index (χ2v) is 26.1. The van der Waals surface area contributed by atoms with Gasteiger partial charge in [-0.25, -0.2) is 19.2 Å².